The Balaban J connectivity index is 2.69. The molecule has 0 radical (unpaired) electrons. The molecule has 0 N–H and O–H groups in total. The number of benzene rings is 1. The lowest BCUT2D eigenvalue weighted by atomic mass is 10.1. The van der Waals surface area contributed by atoms with Crippen LogP contribution in [0, 0.1) is 6.92 Å². The summed E-state index contributed by atoms with van der Waals surface area (Å²) in [5.74, 6) is 0.472. The van der Waals surface area contributed by atoms with Gasteiger partial charge in [0.15, 0.2) is 5.82 Å². The van der Waals surface area contributed by atoms with Crippen LogP contribution in [0.15, 0.2) is 27.8 Å². The second-order valence-electron chi connectivity index (χ2n) is 4.67. The molecule has 2 rings (SSSR count). The number of nitrogens with zero attached hydrogens (tertiary/aromatic N) is 3. The van der Waals surface area contributed by atoms with Crippen LogP contribution in [0.5, 0.6) is 0 Å². The molecule has 0 saturated carbocycles. The molecule has 1 heterocycles. The van der Waals surface area contributed by atoms with E-state index in [1.165, 1.54) is 4.57 Å². The van der Waals surface area contributed by atoms with E-state index >= 15 is 0 Å². The number of halogens is 2. The van der Waals surface area contributed by atoms with Gasteiger partial charge in [0.2, 0.25) is 0 Å². The summed E-state index contributed by atoms with van der Waals surface area (Å²) in [7, 11) is 1.47. The SMILES string of the molecule is Cc1ccc(-c2nnc(S(=O)(=O)Cl)n2C(C)C)cc1Br. The minimum absolute atomic E-state index is 0.136. The quantitative estimate of drug-likeness (QED) is 0.766. The Morgan fingerprint density at radius 2 is 1.95 bits per heavy atom. The van der Waals surface area contributed by atoms with Crippen LogP contribution in [0.25, 0.3) is 11.4 Å². The van der Waals surface area contributed by atoms with E-state index in [0.717, 1.165) is 15.6 Å². The van der Waals surface area contributed by atoms with Gasteiger partial charge in [-0.25, -0.2) is 8.42 Å². The third-order valence-corrected chi connectivity index (χ3v) is 4.81. The highest BCUT2D eigenvalue weighted by Gasteiger charge is 2.25. The van der Waals surface area contributed by atoms with E-state index < -0.39 is 9.05 Å². The maximum absolute atomic E-state index is 11.6. The molecule has 0 aliphatic rings. The van der Waals surface area contributed by atoms with E-state index in [-0.39, 0.29) is 11.2 Å². The fourth-order valence-electron chi connectivity index (χ4n) is 1.84. The van der Waals surface area contributed by atoms with Gasteiger partial charge in [-0.1, -0.05) is 28.1 Å². The molecular formula is C12H13BrClN3O2S. The van der Waals surface area contributed by atoms with Crippen LogP contribution in [0.2, 0.25) is 0 Å². The van der Waals surface area contributed by atoms with Crippen molar-refractivity contribution >= 4 is 35.7 Å². The van der Waals surface area contributed by atoms with Crippen molar-refractivity contribution < 1.29 is 8.42 Å². The molecule has 8 heteroatoms. The molecule has 0 atom stereocenters. The van der Waals surface area contributed by atoms with Crippen molar-refractivity contribution in [1.82, 2.24) is 14.8 Å². The Hall–Kier alpha value is -0.920. The highest BCUT2D eigenvalue weighted by molar-refractivity contribution is 9.10. The normalized spacial score (nSPS) is 12.1. The summed E-state index contributed by atoms with van der Waals surface area (Å²) in [4.78, 5) is 0. The Morgan fingerprint density at radius 3 is 2.45 bits per heavy atom. The first-order valence-corrected chi connectivity index (χ1v) is 8.98. The van der Waals surface area contributed by atoms with Gasteiger partial charge in [-0.15, -0.1) is 10.2 Å². The highest BCUT2D eigenvalue weighted by Crippen LogP contribution is 2.29. The molecule has 108 valence electrons. The second kappa shape index (κ2) is 5.46. The van der Waals surface area contributed by atoms with Crippen LogP contribution in [0.1, 0.15) is 25.5 Å². The molecule has 0 aliphatic heterocycles. The van der Waals surface area contributed by atoms with E-state index in [9.17, 15) is 8.42 Å². The second-order valence-corrected chi connectivity index (χ2v) is 7.99. The minimum Gasteiger partial charge on any atom is -0.294 e. The van der Waals surface area contributed by atoms with Crippen LogP contribution in [0.4, 0.5) is 0 Å². The lowest BCUT2D eigenvalue weighted by Crippen LogP contribution is -2.10. The molecule has 0 amide bonds. The maximum Gasteiger partial charge on any atom is 0.296 e. The number of hydrogen-bond acceptors (Lipinski definition) is 4. The summed E-state index contributed by atoms with van der Waals surface area (Å²) in [5, 5.41) is 7.45. The summed E-state index contributed by atoms with van der Waals surface area (Å²) >= 11 is 3.45. The summed E-state index contributed by atoms with van der Waals surface area (Å²) in [6, 6.07) is 5.54. The predicted molar refractivity (Wildman–Crippen MR) is 81.3 cm³/mol. The summed E-state index contributed by atoms with van der Waals surface area (Å²) in [5.41, 5.74) is 1.85. The Morgan fingerprint density at radius 1 is 1.30 bits per heavy atom. The van der Waals surface area contributed by atoms with Crippen molar-refractivity contribution in [3.63, 3.8) is 0 Å². The predicted octanol–water partition coefficient (Wildman–Crippen LogP) is 3.52. The van der Waals surface area contributed by atoms with Crippen LogP contribution in [0.3, 0.4) is 0 Å². The zero-order chi connectivity index (χ0) is 15.1. The van der Waals surface area contributed by atoms with Gasteiger partial charge >= 0.3 is 0 Å². The van der Waals surface area contributed by atoms with E-state index in [1.54, 1.807) is 0 Å². The number of aryl methyl sites for hydroxylation is 1. The van der Waals surface area contributed by atoms with Crippen molar-refractivity contribution in [1.29, 1.82) is 0 Å². The lowest BCUT2D eigenvalue weighted by Gasteiger charge is -2.13. The monoisotopic (exact) mass is 377 g/mol. The third kappa shape index (κ3) is 2.89. The average Bonchev–Trinajstić information content (AvgIpc) is 2.77. The van der Waals surface area contributed by atoms with Crippen molar-refractivity contribution in [2.45, 2.75) is 32.0 Å². The Bertz CT molecular complexity index is 756. The van der Waals surface area contributed by atoms with E-state index in [4.69, 9.17) is 10.7 Å². The van der Waals surface area contributed by atoms with Crippen molar-refractivity contribution in [2.75, 3.05) is 0 Å². The first-order valence-electron chi connectivity index (χ1n) is 5.88. The zero-order valence-corrected chi connectivity index (χ0v) is 14.3. The molecule has 1 aromatic carbocycles. The molecule has 0 fully saturated rings. The molecule has 0 aliphatic carbocycles. The highest BCUT2D eigenvalue weighted by atomic mass is 79.9. The van der Waals surface area contributed by atoms with Gasteiger partial charge < -0.3 is 0 Å². The van der Waals surface area contributed by atoms with Crippen LogP contribution in [-0.2, 0) is 9.05 Å². The molecule has 1 aromatic heterocycles. The van der Waals surface area contributed by atoms with E-state index in [0.29, 0.717) is 5.82 Å². The largest absolute Gasteiger partial charge is 0.296 e. The number of rotatable bonds is 3. The molecule has 0 saturated heterocycles. The molecule has 0 unspecified atom stereocenters. The van der Waals surface area contributed by atoms with Crippen LogP contribution in [-0.4, -0.2) is 23.2 Å². The molecule has 0 spiro atoms. The van der Waals surface area contributed by atoms with Crippen LogP contribution >= 0.6 is 26.6 Å². The molecule has 2 aromatic rings. The molecule has 20 heavy (non-hydrogen) atoms. The first-order chi connectivity index (χ1) is 9.21. The van der Waals surface area contributed by atoms with E-state index in [1.807, 2.05) is 39.0 Å². The van der Waals surface area contributed by atoms with Gasteiger partial charge in [0, 0.05) is 26.8 Å². The number of aromatic nitrogens is 3. The fraction of sp³-hybridized carbons (Fsp3) is 0.333. The average molecular weight is 379 g/mol. The van der Waals surface area contributed by atoms with Gasteiger partial charge in [-0.2, -0.15) is 0 Å². The molecular weight excluding hydrogens is 366 g/mol. The van der Waals surface area contributed by atoms with Crippen molar-refractivity contribution in [3.8, 4) is 11.4 Å². The minimum atomic E-state index is -3.93. The first kappa shape index (κ1) is 15.5. The third-order valence-electron chi connectivity index (χ3n) is 2.83. The Kier molecular flexibility index (Phi) is 4.22. The lowest BCUT2D eigenvalue weighted by molar-refractivity contribution is 0.530. The summed E-state index contributed by atoms with van der Waals surface area (Å²) < 4.78 is 25.5. The van der Waals surface area contributed by atoms with Gasteiger partial charge in [0.05, 0.1) is 0 Å². The van der Waals surface area contributed by atoms with Crippen molar-refractivity contribution in [2.24, 2.45) is 0 Å². The zero-order valence-electron chi connectivity index (χ0n) is 11.1. The van der Waals surface area contributed by atoms with Gasteiger partial charge in [-0.3, -0.25) is 4.57 Å². The van der Waals surface area contributed by atoms with Gasteiger partial charge in [0.1, 0.15) is 0 Å². The van der Waals surface area contributed by atoms with Gasteiger partial charge in [-0.05, 0) is 32.4 Å². The number of hydrogen-bond donors (Lipinski definition) is 0. The topological polar surface area (TPSA) is 64.8 Å². The smallest absolute Gasteiger partial charge is 0.294 e. The molecule has 5 nitrogen and oxygen atoms in total. The Labute approximate surface area is 130 Å². The van der Waals surface area contributed by atoms with E-state index in [2.05, 4.69) is 26.1 Å². The standard InChI is InChI=1S/C12H13BrClN3O2S/c1-7(2)17-11(15-16-12(17)20(14,18)19)9-5-4-8(3)10(13)6-9/h4-7H,1-3H3. The van der Waals surface area contributed by atoms with Gasteiger partial charge in [0.25, 0.3) is 14.2 Å². The summed E-state index contributed by atoms with van der Waals surface area (Å²) in [6.07, 6.45) is 0. The van der Waals surface area contributed by atoms with Crippen molar-refractivity contribution in [3.05, 3.63) is 28.2 Å². The molecule has 0 bridgehead atoms. The fourth-order valence-corrected chi connectivity index (χ4v) is 3.20. The summed E-state index contributed by atoms with van der Waals surface area (Å²) in [6.45, 7) is 5.67. The van der Waals surface area contributed by atoms with Crippen LogP contribution < -0.4 is 0 Å². The maximum atomic E-state index is 11.6.